The maximum absolute atomic E-state index is 9.44. The number of fused-ring (bicyclic) bond motifs is 12. The molecule has 0 aliphatic heterocycles. The summed E-state index contributed by atoms with van der Waals surface area (Å²) in [7, 11) is 0. The molecule has 3 heterocycles. The van der Waals surface area contributed by atoms with Crippen LogP contribution >= 0.6 is 0 Å². The zero-order chi connectivity index (χ0) is 41.1. The van der Waals surface area contributed by atoms with Crippen molar-refractivity contribution in [3.63, 3.8) is 0 Å². The Balaban J connectivity index is 1.08. The molecule has 1 aliphatic carbocycles. The van der Waals surface area contributed by atoms with Crippen molar-refractivity contribution >= 4 is 105 Å². The zero-order valence-electron chi connectivity index (χ0n) is 33.5. The molecule has 0 radical (unpaired) electrons. The second-order valence-corrected chi connectivity index (χ2v) is 16.5. The predicted molar refractivity (Wildman–Crippen MR) is 259 cm³/mol. The maximum Gasteiger partial charge on any atom is 0.154 e. The summed E-state index contributed by atoms with van der Waals surface area (Å²) in [6.45, 7) is 0. The summed E-state index contributed by atoms with van der Waals surface area (Å²) < 4.78 is 9.00. The van der Waals surface area contributed by atoms with Gasteiger partial charge < -0.3 is 19.7 Å². The minimum Gasteiger partial charge on any atom is -0.456 e. The Labute approximate surface area is 355 Å². The zero-order valence-corrected chi connectivity index (χ0v) is 33.5. The second-order valence-electron chi connectivity index (χ2n) is 16.5. The third-order valence-electron chi connectivity index (χ3n) is 13.0. The fraction of sp³-hybridized carbons (Fsp3) is 0.0357. The lowest BCUT2D eigenvalue weighted by molar-refractivity contribution is 0.668. The average molecular weight is 796 g/mol. The molecule has 3 aromatic heterocycles. The fourth-order valence-corrected chi connectivity index (χ4v) is 10.0. The summed E-state index contributed by atoms with van der Waals surface area (Å²) in [6.07, 6.45) is 6.60. The van der Waals surface area contributed by atoms with Crippen molar-refractivity contribution in [1.82, 2.24) is 9.55 Å². The van der Waals surface area contributed by atoms with Crippen LogP contribution in [0.2, 0.25) is 0 Å². The number of aliphatic imine (C=N–C) groups is 1. The van der Waals surface area contributed by atoms with Gasteiger partial charge in [0.15, 0.2) is 5.84 Å². The number of nitrogens with two attached hydrogens (primary N) is 1. The number of hydrogen-bond donors (Lipinski definition) is 3. The number of para-hydroxylation sites is 1. The largest absolute Gasteiger partial charge is 0.456 e. The van der Waals surface area contributed by atoms with Gasteiger partial charge >= 0.3 is 0 Å². The van der Waals surface area contributed by atoms with Crippen LogP contribution in [0.5, 0.6) is 0 Å². The van der Waals surface area contributed by atoms with Crippen molar-refractivity contribution in [2.45, 2.75) is 12.8 Å². The van der Waals surface area contributed by atoms with E-state index in [4.69, 9.17) is 15.1 Å². The fourth-order valence-electron chi connectivity index (χ4n) is 10.0. The number of allylic oxidation sites excluding steroid dienone is 1. The first-order chi connectivity index (χ1) is 30.5. The Bertz CT molecular complexity index is 3970. The minimum atomic E-state index is 0.0510. The number of nitrogens with zero attached hydrogens (tertiary/aromatic N) is 2. The number of aromatic nitrogens is 2. The number of aryl methyl sites for hydroxylation is 1. The molecule has 0 saturated carbocycles. The van der Waals surface area contributed by atoms with Crippen molar-refractivity contribution in [2.24, 2.45) is 10.7 Å². The SMILES string of the molecule is N=C(N=C(N)c1ccc2ccccc2c1)c1cc(-n2c3cc4ccccc4cc3c3cc4cccc(-c5ccc6c7c([nH]c6c5)C=CCC7)c4cc32)c2c(c1)oc1ccccc12. The first-order valence-electron chi connectivity index (χ1n) is 21.1. The van der Waals surface area contributed by atoms with Crippen LogP contribution in [0.4, 0.5) is 0 Å². The van der Waals surface area contributed by atoms with Gasteiger partial charge in [0, 0.05) is 43.9 Å². The highest BCUT2D eigenvalue weighted by atomic mass is 16.3. The minimum absolute atomic E-state index is 0.0510. The quantitative estimate of drug-likeness (QED) is 0.122. The number of benzene rings is 9. The molecule has 0 atom stereocenters. The molecule has 0 amide bonds. The maximum atomic E-state index is 9.44. The van der Waals surface area contributed by atoms with Crippen molar-refractivity contribution in [1.29, 1.82) is 5.41 Å². The smallest absolute Gasteiger partial charge is 0.154 e. The first-order valence-corrected chi connectivity index (χ1v) is 21.1. The number of H-pyrrole nitrogens is 1. The molecular formula is C56H37N5O. The summed E-state index contributed by atoms with van der Waals surface area (Å²) in [5.41, 5.74) is 18.7. The van der Waals surface area contributed by atoms with E-state index in [1.807, 2.05) is 48.5 Å². The van der Waals surface area contributed by atoms with Gasteiger partial charge in [-0.2, -0.15) is 0 Å². The van der Waals surface area contributed by atoms with Crippen molar-refractivity contribution in [2.75, 3.05) is 0 Å². The van der Waals surface area contributed by atoms with Crippen LogP contribution in [0.3, 0.4) is 0 Å². The number of hydrogen-bond acceptors (Lipinski definition) is 2. The van der Waals surface area contributed by atoms with E-state index < -0.39 is 0 Å². The molecule has 0 saturated heterocycles. The number of furan rings is 1. The highest BCUT2D eigenvalue weighted by molar-refractivity contribution is 6.21. The standard InChI is InChI=1S/C56H37N5O/c57-55(38-21-20-32-10-1-2-11-33(32)24-38)60-56(58)39-29-51(54-43-16-6-8-19-52(43)62-53(54)30-39)61-49-28-35-13-4-3-12-34(35)25-45(49)46-26-36-14-9-17-40(44(36)31-50(46)61)37-22-23-42-41-15-5-7-18-47(41)59-48(42)27-37/h1-4,6-14,16-31,59H,5,15H2,(H3,57,58,60). The van der Waals surface area contributed by atoms with Crippen LogP contribution in [0.15, 0.2) is 179 Å². The highest BCUT2D eigenvalue weighted by Gasteiger charge is 2.22. The van der Waals surface area contributed by atoms with Crippen LogP contribution < -0.4 is 5.73 Å². The summed E-state index contributed by atoms with van der Waals surface area (Å²) >= 11 is 0. The molecule has 6 nitrogen and oxygen atoms in total. The Morgan fingerprint density at radius 3 is 2.21 bits per heavy atom. The average Bonchev–Trinajstić information content (AvgIpc) is 3.98. The lowest BCUT2D eigenvalue weighted by Crippen LogP contribution is -2.16. The highest BCUT2D eigenvalue weighted by Crippen LogP contribution is 2.43. The molecule has 6 heteroatoms. The van der Waals surface area contributed by atoms with Gasteiger partial charge in [0.1, 0.15) is 17.0 Å². The Morgan fingerprint density at radius 2 is 1.34 bits per heavy atom. The van der Waals surface area contributed by atoms with Crippen molar-refractivity contribution < 1.29 is 4.42 Å². The summed E-state index contributed by atoms with van der Waals surface area (Å²) in [5, 5.41) is 21.9. The Kier molecular flexibility index (Phi) is 7.34. The van der Waals surface area contributed by atoms with Crippen LogP contribution in [0.1, 0.15) is 28.8 Å². The predicted octanol–water partition coefficient (Wildman–Crippen LogP) is 14.0. The molecule has 9 aromatic carbocycles. The number of amidine groups is 2. The van der Waals surface area contributed by atoms with Crippen LogP contribution in [0.25, 0.3) is 110 Å². The van der Waals surface area contributed by atoms with Gasteiger partial charge in [0.05, 0.1) is 22.1 Å². The van der Waals surface area contributed by atoms with E-state index in [2.05, 4.69) is 137 Å². The van der Waals surface area contributed by atoms with Gasteiger partial charge in [-0.05, 0) is 123 Å². The molecule has 4 N–H and O–H groups in total. The van der Waals surface area contributed by atoms with Gasteiger partial charge in [-0.25, -0.2) is 4.99 Å². The van der Waals surface area contributed by atoms with E-state index in [1.165, 1.54) is 38.5 Å². The number of nitrogens with one attached hydrogen (secondary N) is 2. The topological polar surface area (TPSA) is 96.1 Å². The van der Waals surface area contributed by atoms with Gasteiger partial charge in [-0.3, -0.25) is 5.41 Å². The molecule has 0 bridgehead atoms. The summed E-state index contributed by atoms with van der Waals surface area (Å²) in [4.78, 5) is 8.43. The summed E-state index contributed by atoms with van der Waals surface area (Å²) in [5.74, 6) is 0.332. The van der Waals surface area contributed by atoms with Gasteiger partial charge in [0.25, 0.3) is 0 Å². The molecule has 12 aromatic rings. The molecule has 13 rings (SSSR count). The molecule has 0 spiro atoms. The van der Waals surface area contributed by atoms with Gasteiger partial charge in [0.2, 0.25) is 0 Å². The van der Waals surface area contributed by atoms with Crippen LogP contribution in [-0.4, -0.2) is 21.2 Å². The van der Waals surface area contributed by atoms with Crippen LogP contribution in [0, 0.1) is 5.41 Å². The second kappa shape index (κ2) is 13.1. The first kappa shape index (κ1) is 34.6. The van der Waals surface area contributed by atoms with E-state index in [1.54, 1.807) is 0 Å². The summed E-state index contributed by atoms with van der Waals surface area (Å²) in [6, 6.07) is 57.8. The third-order valence-corrected chi connectivity index (χ3v) is 13.0. The Hall–Kier alpha value is -8.22. The van der Waals surface area contributed by atoms with E-state index in [0.29, 0.717) is 11.1 Å². The molecule has 1 aliphatic rings. The molecule has 0 unspecified atom stereocenters. The van der Waals surface area contributed by atoms with E-state index in [0.717, 1.165) is 89.3 Å². The lowest BCUT2D eigenvalue weighted by atomic mass is 9.95. The van der Waals surface area contributed by atoms with E-state index in [9.17, 15) is 5.41 Å². The van der Waals surface area contributed by atoms with Crippen molar-refractivity contribution in [3.05, 3.63) is 192 Å². The molecule has 0 fully saturated rings. The molecular weight excluding hydrogens is 759 g/mol. The third kappa shape index (κ3) is 5.23. The normalized spacial score (nSPS) is 13.2. The monoisotopic (exact) mass is 795 g/mol. The van der Waals surface area contributed by atoms with Crippen molar-refractivity contribution in [3.8, 4) is 16.8 Å². The molecule has 62 heavy (non-hydrogen) atoms. The number of aromatic amines is 1. The lowest BCUT2D eigenvalue weighted by Gasteiger charge is -2.14. The van der Waals surface area contributed by atoms with Crippen LogP contribution in [-0.2, 0) is 6.42 Å². The van der Waals surface area contributed by atoms with E-state index >= 15 is 0 Å². The van der Waals surface area contributed by atoms with Gasteiger partial charge in [-0.1, -0.05) is 115 Å². The number of rotatable bonds is 4. The Morgan fingerprint density at radius 1 is 0.597 bits per heavy atom. The van der Waals surface area contributed by atoms with E-state index in [-0.39, 0.29) is 11.7 Å². The molecule has 292 valence electrons. The van der Waals surface area contributed by atoms with Gasteiger partial charge in [-0.15, -0.1) is 0 Å².